The number of para-hydroxylation sites is 2. The normalized spacial score (nSPS) is 23.2. The van der Waals surface area contributed by atoms with Gasteiger partial charge in [-0.2, -0.15) is 0 Å². The van der Waals surface area contributed by atoms with E-state index in [1.165, 1.54) is 0 Å². The average molecular weight is 368 g/mol. The first-order chi connectivity index (χ1) is 12.9. The number of carbonyl (C=O) groups is 2. The summed E-state index contributed by atoms with van der Waals surface area (Å²) in [5.41, 5.74) is 1.56. The number of hydrogen-bond donors (Lipinski definition) is 0. The highest BCUT2D eigenvalue weighted by Crippen LogP contribution is 2.39. The van der Waals surface area contributed by atoms with Crippen LogP contribution in [0, 0.1) is 5.41 Å². The van der Waals surface area contributed by atoms with Crippen LogP contribution in [0.3, 0.4) is 0 Å². The molecule has 4 rings (SSSR count). The molecule has 2 amide bonds. The van der Waals surface area contributed by atoms with E-state index in [-0.39, 0.29) is 29.7 Å². The van der Waals surface area contributed by atoms with Crippen molar-refractivity contribution in [2.45, 2.75) is 45.6 Å². The minimum Gasteiger partial charge on any atom is -0.345 e. The van der Waals surface area contributed by atoms with Gasteiger partial charge in [-0.25, -0.2) is 4.98 Å². The van der Waals surface area contributed by atoms with Crippen molar-refractivity contribution in [2.75, 3.05) is 26.7 Å². The highest BCUT2D eigenvalue weighted by atomic mass is 16.2. The molecule has 1 aromatic heterocycles. The highest BCUT2D eigenvalue weighted by molar-refractivity contribution is 5.86. The summed E-state index contributed by atoms with van der Waals surface area (Å²) >= 11 is 0. The van der Waals surface area contributed by atoms with Gasteiger partial charge in [-0.15, -0.1) is 0 Å². The molecule has 6 heteroatoms. The summed E-state index contributed by atoms with van der Waals surface area (Å²) in [6.45, 7) is 6.54. The summed E-state index contributed by atoms with van der Waals surface area (Å²) in [6, 6.07) is 7.97. The molecule has 0 N–H and O–H groups in total. The van der Waals surface area contributed by atoms with Gasteiger partial charge in [-0.05, 0) is 31.4 Å². The molecular weight excluding hydrogens is 340 g/mol. The van der Waals surface area contributed by atoms with Crippen molar-refractivity contribution in [1.29, 1.82) is 0 Å². The average Bonchev–Trinajstić information content (AvgIpc) is 3.23. The number of piperidine rings is 1. The van der Waals surface area contributed by atoms with Gasteiger partial charge in [0.25, 0.3) is 0 Å². The van der Waals surface area contributed by atoms with Crippen LogP contribution in [0.1, 0.15) is 44.9 Å². The Labute approximate surface area is 160 Å². The zero-order valence-corrected chi connectivity index (χ0v) is 16.4. The molecule has 2 aliphatic heterocycles. The molecule has 0 aliphatic carbocycles. The van der Waals surface area contributed by atoms with E-state index >= 15 is 0 Å². The van der Waals surface area contributed by atoms with E-state index in [0.717, 1.165) is 42.7 Å². The number of hydrogen-bond acceptors (Lipinski definition) is 3. The van der Waals surface area contributed by atoms with E-state index < -0.39 is 0 Å². The van der Waals surface area contributed by atoms with Crippen molar-refractivity contribution in [1.82, 2.24) is 19.4 Å². The lowest BCUT2D eigenvalue weighted by molar-refractivity contribution is -0.144. The van der Waals surface area contributed by atoms with Gasteiger partial charge in [-0.3, -0.25) is 9.59 Å². The fourth-order valence-electron chi connectivity index (χ4n) is 4.67. The van der Waals surface area contributed by atoms with Gasteiger partial charge in [0.2, 0.25) is 11.8 Å². The Morgan fingerprint density at radius 3 is 2.78 bits per heavy atom. The van der Waals surface area contributed by atoms with Crippen molar-refractivity contribution < 1.29 is 9.59 Å². The van der Waals surface area contributed by atoms with E-state index in [9.17, 15) is 9.59 Å². The Balaban J connectivity index is 1.56. The summed E-state index contributed by atoms with van der Waals surface area (Å²) in [4.78, 5) is 34.3. The van der Waals surface area contributed by atoms with Crippen LogP contribution >= 0.6 is 0 Å². The van der Waals surface area contributed by atoms with E-state index in [1.54, 1.807) is 0 Å². The quantitative estimate of drug-likeness (QED) is 0.837. The lowest BCUT2D eigenvalue weighted by Gasteiger charge is -2.37. The van der Waals surface area contributed by atoms with Crippen LogP contribution in [0.4, 0.5) is 0 Å². The fourth-order valence-corrected chi connectivity index (χ4v) is 4.67. The molecule has 1 spiro atoms. The SMILES string of the molecule is CC(C)c1nc2ccccc2n1CC(=O)N1CC[C@]2(CCCN(C)C2=O)C1. The summed E-state index contributed by atoms with van der Waals surface area (Å²) in [6.07, 6.45) is 2.70. The van der Waals surface area contributed by atoms with Crippen LogP contribution in [0.5, 0.6) is 0 Å². The minimum absolute atomic E-state index is 0.0814. The largest absolute Gasteiger partial charge is 0.345 e. The van der Waals surface area contributed by atoms with Gasteiger partial charge in [0, 0.05) is 32.6 Å². The molecule has 27 heavy (non-hydrogen) atoms. The first kappa shape index (κ1) is 18.0. The molecule has 144 valence electrons. The van der Waals surface area contributed by atoms with Crippen molar-refractivity contribution in [3.63, 3.8) is 0 Å². The summed E-state index contributed by atoms with van der Waals surface area (Å²) in [5, 5.41) is 0. The van der Waals surface area contributed by atoms with E-state index in [0.29, 0.717) is 13.1 Å². The Morgan fingerprint density at radius 2 is 2.00 bits per heavy atom. The molecule has 2 saturated heterocycles. The third-order valence-corrected chi connectivity index (χ3v) is 6.15. The lowest BCUT2D eigenvalue weighted by atomic mass is 9.78. The van der Waals surface area contributed by atoms with Crippen molar-refractivity contribution >= 4 is 22.8 Å². The minimum atomic E-state index is -0.361. The van der Waals surface area contributed by atoms with E-state index in [1.807, 2.05) is 45.7 Å². The molecule has 1 atom stereocenters. The zero-order valence-electron chi connectivity index (χ0n) is 16.4. The Morgan fingerprint density at radius 1 is 1.22 bits per heavy atom. The molecular formula is C21H28N4O2. The molecule has 6 nitrogen and oxygen atoms in total. The molecule has 0 bridgehead atoms. The zero-order chi connectivity index (χ0) is 19.2. The fraction of sp³-hybridized carbons (Fsp3) is 0.571. The van der Waals surface area contributed by atoms with E-state index in [2.05, 4.69) is 13.8 Å². The van der Waals surface area contributed by atoms with Gasteiger partial charge in [0.1, 0.15) is 12.4 Å². The number of nitrogens with zero attached hydrogens (tertiary/aromatic N) is 4. The molecule has 0 unspecified atom stereocenters. The van der Waals surface area contributed by atoms with Crippen LogP contribution in [0.2, 0.25) is 0 Å². The number of aromatic nitrogens is 2. The monoisotopic (exact) mass is 368 g/mol. The smallest absolute Gasteiger partial charge is 0.242 e. The first-order valence-electron chi connectivity index (χ1n) is 9.90. The molecule has 0 radical (unpaired) electrons. The van der Waals surface area contributed by atoms with Crippen molar-refractivity contribution in [3.05, 3.63) is 30.1 Å². The molecule has 2 aliphatic rings. The molecule has 0 saturated carbocycles. The topological polar surface area (TPSA) is 58.4 Å². The maximum atomic E-state index is 13.1. The molecule has 1 aromatic carbocycles. The predicted octanol–water partition coefficient (Wildman–Crippen LogP) is 2.63. The first-order valence-corrected chi connectivity index (χ1v) is 9.90. The second-order valence-corrected chi connectivity index (χ2v) is 8.38. The summed E-state index contributed by atoms with van der Waals surface area (Å²) < 4.78 is 2.04. The lowest BCUT2D eigenvalue weighted by Crippen LogP contribution is -2.48. The number of amides is 2. The van der Waals surface area contributed by atoms with Gasteiger partial charge in [0.05, 0.1) is 16.4 Å². The third kappa shape index (κ3) is 3.01. The van der Waals surface area contributed by atoms with Crippen molar-refractivity contribution in [2.24, 2.45) is 5.41 Å². The Bertz CT molecular complexity index is 887. The number of imidazole rings is 1. The second kappa shape index (κ2) is 6.66. The number of carbonyl (C=O) groups excluding carboxylic acids is 2. The Hall–Kier alpha value is -2.37. The van der Waals surface area contributed by atoms with Gasteiger partial charge < -0.3 is 14.4 Å². The second-order valence-electron chi connectivity index (χ2n) is 8.38. The molecule has 2 fully saturated rings. The number of likely N-dealkylation sites (tertiary alicyclic amines) is 2. The Kier molecular flexibility index (Phi) is 4.44. The maximum Gasteiger partial charge on any atom is 0.242 e. The predicted molar refractivity (Wildman–Crippen MR) is 104 cm³/mol. The van der Waals surface area contributed by atoms with Crippen LogP contribution in [-0.2, 0) is 16.1 Å². The number of benzene rings is 1. The summed E-state index contributed by atoms with van der Waals surface area (Å²) in [5.74, 6) is 1.47. The molecule has 3 heterocycles. The standard InChI is InChI=1S/C21H28N4O2/c1-15(2)19-22-16-7-4-5-8-17(16)25(19)13-18(26)24-12-10-21(14-24)9-6-11-23(3)20(21)27/h4-5,7-8,15H,6,9-14H2,1-3H3/t21-/m1/s1. The van der Waals surface area contributed by atoms with Crippen LogP contribution in [0.15, 0.2) is 24.3 Å². The summed E-state index contributed by atoms with van der Waals surface area (Å²) in [7, 11) is 1.88. The maximum absolute atomic E-state index is 13.1. The van der Waals surface area contributed by atoms with E-state index in [4.69, 9.17) is 4.98 Å². The van der Waals surface area contributed by atoms with Gasteiger partial charge >= 0.3 is 0 Å². The van der Waals surface area contributed by atoms with Crippen LogP contribution in [-0.4, -0.2) is 57.8 Å². The van der Waals surface area contributed by atoms with Crippen molar-refractivity contribution in [3.8, 4) is 0 Å². The number of fused-ring (bicyclic) bond motifs is 1. The van der Waals surface area contributed by atoms with Gasteiger partial charge in [0.15, 0.2) is 0 Å². The van der Waals surface area contributed by atoms with Gasteiger partial charge in [-0.1, -0.05) is 26.0 Å². The van der Waals surface area contributed by atoms with Crippen LogP contribution < -0.4 is 0 Å². The highest BCUT2D eigenvalue weighted by Gasteiger charge is 2.48. The third-order valence-electron chi connectivity index (χ3n) is 6.15. The number of rotatable bonds is 3. The molecule has 2 aromatic rings. The van der Waals surface area contributed by atoms with Crippen LogP contribution in [0.25, 0.3) is 11.0 Å².